The Hall–Kier alpha value is -1.98. The Labute approximate surface area is 168 Å². The van der Waals surface area contributed by atoms with Crippen LogP contribution in [0.1, 0.15) is 38.2 Å². The van der Waals surface area contributed by atoms with Crippen molar-refractivity contribution in [2.24, 2.45) is 0 Å². The highest BCUT2D eigenvalue weighted by Crippen LogP contribution is 2.31. The highest BCUT2D eigenvalue weighted by molar-refractivity contribution is 7.89. The fraction of sp³-hybridized carbons (Fsp3) is 0.350. The molecule has 1 aliphatic carbocycles. The Morgan fingerprint density at radius 2 is 1.86 bits per heavy atom. The number of hydrogen-bond donors (Lipinski definition) is 2. The van der Waals surface area contributed by atoms with E-state index in [2.05, 4.69) is 4.72 Å². The summed E-state index contributed by atoms with van der Waals surface area (Å²) in [6.07, 6.45) is 2.04. The first-order valence-corrected chi connectivity index (χ1v) is 10.7. The van der Waals surface area contributed by atoms with Crippen LogP contribution in [0.2, 0.25) is 5.02 Å². The molecule has 0 spiro atoms. The summed E-state index contributed by atoms with van der Waals surface area (Å²) >= 11 is 5.87. The molecule has 3 rings (SSSR count). The van der Waals surface area contributed by atoms with Crippen molar-refractivity contribution in [1.29, 1.82) is 5.26 Å². The molecule has 0 aliphatic heterocycles. The molecule has 148 valence electrons. The van der Waals surface area contributed by atoms with Crippen molar-refractivity contribution in [3.8, 4) is 17.2 Å². The Bertz CT molecular complexity index is 1040. The lowest BCUT2D eigenvalue weighted by Crippen LogP contribution is -2.42. The van der Waals surface area contributed by atoms with E-state index in [1.165, 1.54) is 24.3 Å². The summed E-state index contributed by atoms with van der Waals surface area (Å²) in [4.78, 5) is -0.182. The Balaban J connectivity index is 1.85. The summed E-state index contributed by atoms with van der Waals surface area (Å²) in [7, 11) is -3.90. The first-order valence-electron chi connectivity index (χ1n) is 8.86. The fourth-order valence-electron chi connectivity index (χ4n) is 3.37. The highest BCUT2D eigenvalue weighted by Gasteiger charge is 2.31. The maximum Gasteiger partial charge on any atom is 0.240 e. The standard InChI is InChI=1S/C20H20ClFN2O3S/c1-20(25)8-6-15(7-9-20)24-28(26,27)16-3-5-18(19(22)11-16)17-4-2-14(21)10-13(17)12-23/h2-5,10-11,15,24-25H,6-9H2,1H3. The number of hydrogen-bond acceptors (Lipinski definition) is 4. The third-order valence-electron chi connectivity index (χ3n) is 5.03. The van der Waals surface area contributed by atoms with Gasteiger partial charge in [-0.05, 0) is 56.9 Å². The summed E-state index contributed by atoms with van der Waals surface area (Å²) in [6.45, 7) is 1.73. The van der Waals surface area contributed by atoms with Gasteiger partial charge in [-0.1, -0.05) is 23.7 Å². The first kappa shape index (κ1) is 20.7. The van der Waals surface area contributed by atoms with Gasteiger partial charge in [0, 0.05) is 22.2 Å². The van der Waals surface area contributed by atoms with Gasteiger partial charge >= 0.3 is 0 Å². The number of sulfonamides is 1. The number of benzene rings is 2. The van der Waals surface area contributed by atoms with Gasteiger partial charge < -0.3 is 5.11 Å². The number of halogens is 2. The van der Waals surface area contributed by atoms with Crippen LogP contribution in [-0.2, 0) is 10.0 Å². The molecule has 0 amide bonds. The van der Waals surface area contributed by atoms with E-state index < -0.39 is 21.4 Å². The zero-order valence-corrected chi connectivity index (χ0v) is 16.8. The Kier molecular flexibility index (Phi) is 5.78. The average molecular weight is 423 g/mol. The van der Waals surface area contributed by atoms with E-state index in [0.717, 1.165) is 6.07 Å². The van der Waals surface area contributed by atoms with E-state index in [4.69, 9.17) is 11.6 Å². The van der Waals surface area contributed by atoms with E-state index >= 15 is 0 Å². The second-order valence-electron chi connectivity index (χ2n) is 7.34. The van der Waals surface area contributed by atoms with E-state index in [1.54, 1.807) is 13.0 Å². The molecule has 1 saturated carbocycles. The molecular formula is C20H20ClFN2O3S. The largest absolute Gasteiger partial charge is 0.390 e. The van der Waals surface area contributed by atoms with Gasteiger partial charge in [-0.2, -0.15) is 5.26 Å². The fourth-order valence-corrected chi connectivity index (χ4v) is 4.86. The summed E-state index contributed by atoms with van der Waals surface area (Å²) in [5, 5.41) is 19.6. The van der Waals surface area contributed by atoms with Crippen molar-refractivity contribution in [2.75, 3.05) is 0 Å². The van der Waals surface area contributed by atoms with E-state index in [9.17, 15) is 23.2 Å². The predicted molar refractivity (Wildman–Crippen MR) is 105 cm³/mol. The Morgan fingerprint density at radius 1 is 1.21 bits per heavy atom. The van der Waals surface area contributed by atoms with Gasteiger partial charge in [0.2, 0.25) is 10.0 Å². The number of aliphatic hydroxyl groups is 1. The molecule has 0 bridgehead atoms. The van der Waals surface area contributed by atoms with Crippen molar-refractivity contribution in [2.45, 2.75) is 49.1 Å². The minimum Gasteiger partial charge on any atom is -0.390 e. The van der Waals surface area contributed by atoms with Gasteiger partial charge in [0.15, 0.2) is 0 Å². The smallest absolute Gasteiger partial charge is 0.240 e. The molecule has 28 heavy (non-hydrogen) atoms. The van der Waals surface area contributed by atoms with Crippen LogP contribution in [0.3, 0.4) is 0 Å². The lowest BCUT2D eigenvalue weighted by atomic mass is 9.84. The van der Waals surface area contributed by atoms with Gasteiger partial charge in [0.05, 0.1) is 22.1 Å². The monoisotopic (exact) mass is 422 g/mol. The number of nitrogens with zero attached hydrogens (tertiary/aromatic N) is 1. The highest BCUT2D eigenvalue weighted by atomic mass is 35.5. The van der Waals surface area contributed by atoms with Gasteiger partial charge in [0.1, 0.15) is 5.82 Å². The molecule has 1 aliphatic rings. The summed E-state index contributed by atoms with van der Waals surface area (Å²) < 4.78 is 42.5. The maximum atomic E-state index is 14.7. The van der Waals surface area contributed by atoms with Crippen molar-refractivity contribution in [3.05, 3.63) is 52.8 Å². The second-order valence-corrected chi connectivity index (χ2v) is 9.49. The van der Waals surface area contributed by atoms with Crippen molar-refractivity contribution < 1.29 is 17.9 Å². The van der Waals surface area contributed by atoms with Crippen molar-refractivity contribution >= 4 is 21.6 Å². The zero-order chi connectivity index (χ0) is 20.5. The molecular weight excluding hydrogens is 403 g/mol. The molecule has 5 nitrogen and oxygen atoms in total. The molecule has 0 radical (unpaired) electrons. The molecule has 2 N–H and O–H groups in total. The van der Waals surface area contributed by atoms with Crippen molar-refractivity contribution in [1.82, 2.24) is 4.72 Å². The van der Waals surface area contributed by atoms with Crippen LogP contribution in [0.5, 0.6) is 0 Å². The molecule has 0 unspecified atom stereocenters. The summed E-state index contributed by atoms with van der Waals surface area (Å²) in [6, 6.07) is 9.78. The molecule has 0 saturated heterocycles. The zero-order valence-electron chi connectivity index (χ0n) is 15.2. The number of rotatable bonds is 4. The van der Waals surface area contributed by atoms with Gasteiger partial charge in [-0.3, -0.25) is 0 Å². The Morgan fingerprint density at radius 3 is 2.46 bits per heavy atom. The third-order valence-corrected chi connectivity index (χ3v) is 6.78. The van der Waals surface area contributed by atoms with Crippen molar-refractivity contribution in [3.63, 3.8) is 0 Å². The topological polar surface area (TPSA) is 90.2 Å². The first-order chi connectivity index (χ1) is 13.1. The van der Waals surface area contributed by atoms with Gasteiger partial charge in [-0.25, -0.2) is 17.5 Å². The summed E-state index contributed by atoms with van der Waals surface area (Å²) in [5.41, 5.74) is -0.0988. The lowest BCUT2D eigenvalue weighted by molar-refractivity contribution is 0.0163. The molecule has 2 aromatic rings. The molecule has 1 fully saturated rings. The third kappa shape index (κ3) is 4.53. The molecule has 0 atom stereocenters. The maximum absolute atomic E-state index is 14.7. The van der Waals surface area contributed by atoms with Crippen LogP contribution >= 0.6 is 11.6 Å². The van der Waals surface area contributed by atoms with Crippen LogP contribution in [0.4, 0.5) is 4.39 Å². The lowest BCUT2D eigenvalue weighted by Gasteiger charge is -2.33. The molecule has 0 aromatic heterocycles. The van der Waals surface area contributed by atoms with E-state index in [1.807, 2.05) is 6.07 Å². The number of nitrogens with one attached hydrogen (secondary N) is 1. The number of nitriles is 1. The van der Waals surface area contributed by atoms with E-state index in [0.29, 0.717) is 36.3 Å². The molecule has 2 aromatic carbocycles. The molecule has 0 heterocycles. The van der Waals surface area contributed by atoms with Gasteiger partial charge in [-0.15, -0.1) is 0 Å². The predicted octanol–water partition coefficient (Wildman–Crippen LogP) is 3.99. The minimum atomic E-state index is -3.90. The van der Waals surface area contributed by atoms with E-state index in [-0.39, 0.29) is 22.1 Å². The normalized spacial score (nSPS) is 22.6. The van der Waals surface area contributed by atoms with Crippen LogP contribution in [-0.4, -0.2) is 25.2 Å². The second kappa shape index (κ2) is 7.80. The summed E-state index contributed by atoms with van der Waals surface area (Å²) in [5.74, 6) is -0.742. The van der Waals surface area contributed by atoms with Crippen LogP contribution in [0.25, 0.3) is 11.1 Å². The van der Waals surface area contributed by atoms with Crippen LogP contribution < -0.4 is 4.72 Å². The van der Waals surface area contributed by atoms with Crippen LogP contribution in [0.15, 0.2) is 41.3 Å². The quantitative estimate of drug-likeness (QED) is 0.779. The minimum absolute atomic E-state index is 0.126. The van der Waals surface area contributed by atoms with Crippen LogP contribution in [0, 0.1) is 17.1 Å². The average Bonchev–Trinajstić information content (AvgIpc) is 2.63. The van der Waals surface area contributed by atoms with Gasteiger partial charge in [0.25, 0.3) is 0 Å². The molecule has 8 heteroatoms. The SMILES string of the molecule is CC1(O)CCC(NS(=O)(=O)c2ccc(-c3ccc(Cl)cc3C#N)c(F)c2)CC1.